The molecule has 2 aliphatic rings. The van der Waals surface area contributed by atoms with E-state index in [-0.39, 0.29) is 18.1 Å². The second kappa shape index (κ2) is 4.21. The molecule has 0 N–H and O–H groups in total. The Hall–Kier alpha value is -1.06. The van der Waals surface area contributed by atoms with E-state index in [2.05, 4.69) is 0 Å². The van der Waals surface area contributed by atoms with Crippen LogP contribution in [0, 0.1) is 5.92 Å². The van der Waals surface area contributed by atoms with Gasteiger partial charge in [0.2, 0.25) is 0 Å². The number of rotatable bonds is 0. The molecule has 0 spiro atoms. The van der Waals surface area contributed by atoms with Gasteiger partial charge in [0.15, 0.2) is 0 Å². The zero-order valence-electron chi connectivity index (χ0n) is 9.07. The van der Waals surface area contributed by atoms with Crippen molar-refractivity contribution in [3.8, 4) is 0 Å². The number of carbonyl (C=O) groups is 2. The number of amides is 1. The third-order valence-corrected chi connectivity index (χ3v) is 3.55. The molecule has 1 heterocycles. The number of hydrogen-bond donors (Lipinski definition) is 0. The highest BCUT2D eigenvalue weighted by molar-refractivity contribution is 5.84. The Morgan fingerprint density at radius 2 is 2.13 bits per heavy atom. The molecular formula is C11H17NO3. The smallest absolute Gasteiger partial charge is 0.409 e. The van der Waals surface area contributed by atoms with Crippen LogP contribution in [0.5, 0.6) is 0 Å². The Balaban J connectivity index is 2.13. The van der Waals surface area contributed by atoms with Gasteiger partial charge in [0.25, 0.3) is 0 Å². The van der Waals surface area contributed by atoms with Gasteiger partial charge in [-0.2, -0.15) is 0 Å². The highest BCUT2D eigenvalue weighted by Crippen LogP contribution is 2.33. The van der Waals surface area contributed by atoms with Gasteiger partial charge in [-0.1, -0.05) is 12.8 Å². The fraction of sp³-hybridized carbons (Fsp3) is 0.818. The normalized spacial score (nSPS) is 31.0. The van der Waals surface area contributed by atoms with E-state index in [9.17, 15) is 9.59 Å². The van der Waals surface area contributed by atoms with Crippen LogP contribution in [-0.4, -0.2) is 36.5 Å². The summed E-state index contributed by atoms with van der Waals surface area (Å²) in [6.45, 7) is 0.534. The molecule has 1 aliphatic heterocycles. The third-order valence-electron chi connectivity index (χ3n) is 3.55. The molecule has 0 aromatic rings. The van der Waals surface area contributed by atoms with Crippen LogP contribution >= 0.6 is 0 Å². The molecule has 4 nitrogen and oxygen atoms in total. The van der Waals surface area contributed by atoms with E-state index in [1.54, 1.807) is 4.90 Å². The molecule has 0 unspecified atom stereocenters. The number of likely N-dealkylation sites (tertiary alicyclic amines) is 1. The average molecular weight is 211 g/mol. The van der Waals surface area contributed by atoms with E-state index in [1.165, 1.54) is 7.11 Å². The number of piperidine rings is 1. The predicted molar refractivity (Wildman–Crippen MR) is 54.5 cm³/mol. The monoisotopic (exact) mass is 211 g/mol. The highest BCUT2D eigenvalue weighted by Gasteiger charge is 2.40. The number of nitrogens with zero attached hydrogens (tertiary/aromatic N) is 1. The van der Waals surface area contributed by atoms with Crippen LogP contribution in [0.4, 0.5) is 4.79 Å². The van der Waals surface area contributed by atoms with Gasteiger partial charge in [-0.15, -0.1) is 0 Å². The van der Waals surface area contributed by atoms with Crippen LogP contribution in [0.1, 0.15) is 32.1 Å². The van der Waals surface area contributed by atoms with Crippen LogP contribution in [-0.2, 0) is 9.53 Å². The molecule has 15 heavy (non-hydrogen) atoms. The number of ketones is 1. The molecule has 0 bridgehead atoms. The van der Waals surface area contributed by atoms with Crippen molar-refractivity contribution in [3.05, 3.63) is 0 Å². The maximum Gasteiger partial charge on any atom is 0.409 e. The molecular weight excluding hydrogens is 194 g/mol. The van der Waals surface area contributed by atoms with E-state index < -0.39 is 0 Å². The highest BCUT2D eigenvalue weighted by atomic mass is 16.5. The summed E-state index contributed by atoms with van der Waals surface area (Å²) in [6, 6.07) is 0.104. The van der Waals surface area contributed by atoms with Crippen LogP contribution in [0.2, 0.25) is 0 Å². The van der Waals surface area contributed by atoms with Gasteiger partial charge in [0.05, 0.1) is 7.11 Å². The Kier molecular flexibility index (Phi) is 2.93. The number of methoxy groups -OCH3 is 1. The lowest BCUT2D eigenvalue weighted by Gasteiger charge is -2.42. The van der Waals surface area contributed by atoms with Gasteiger partial charge in [0, 0.05) is 24.9 Å². The molecule has 4 heteroatoms. The topological polar surface area (TPSA) is 46.6 Å². The van der Waals surface area contributed by atoms with Crippen molar-refractivity contribution in [2.24, 2.45) is 5.92 Å². The summed E-state index contributed by atoms with van der Waals surface area (Å²) in [5.74, 6) is 0.409. The van der Waals surface area contributed by atoms with Crippen LogP contribution in [0.25, 0.3) is 0 Å². The minimum absolute atomic E-state index is 0.0756. The van der Waals surface area contributed by atoms with Crippen LogP contribution in [0.15, 0.2) is 0 Å². The van der Waals surface area contributed by atoms with Gasteiger partial charge < -0.3 is 9.64 Å². The summed E-state index contributed by atoms with van der Waals surface area (Å²) < 4.78 is 4.75. The summed E-state index contributed by atoms with van der Waals surface area (Å²) in [4.78, 5) is 25.0. The second-order valence-electron chi connectivity index (χ2n) is 4.34. The third kappa shape index (κ3) is 1.85. The second-order valence-corrected chi connectivity index (χ2v) is 4.34. The maximum absolute atomic E-state index is 11.7. The van der Waals surface area contributed by atoms with Crippen LogP contribution < -0.4 is 0 Å². The Bertz CT molecular complexity index is 277. The van der Waals surface area contributed by atoms with Crippen molar-refractivity contribution in [1.82, 2.24) is 4.90 Å². The predicted octanol–water partition coefficient (Wildman–Crippen LogP) is 1.59. The van der Waals surface area contributed by atoms with E-state index in [0.29, 0.717) is 18.7 Å². The van der Waals surface area contributed by atoms with Crippen molar-refractivity contribution in [3.63, 3.8) is 0 Å². The van der Waals surface area contributed by atoms with E-state index in [4.69, 9.17) is 4.74 Å². The Labute approximate surface area is 89.6 Å². The molecule has 1 saturated heterocycles. The maximum atomic E-state index is 11.7. The van der Waals surface area contributed by atoms with Gasteiger partial charge in [-0.25, -0.2) is 4.79 Å². The summed E-state index contributed by atoms with van der Waals surface area (Å²) in [5, 5.41) is 0. The van der Waals surface area contributed by atoms with E-state index >= 15 is 0 Å². The molecule has 2 rings (SSSR count). The molecule has 0 aromatic heterocycles. The van der Waals surface area contributed by atoms with Crippen molar-refractivity contribution >= 4 is 11.9 Å². The SMILES string of the molecule is COC(=O)N1CCC(=O)[C@@H]2CCCC[C@@H]21. The largest absolute Gasteiger partial charge is 0.453 e. The number of fused-ring (bicyclic) bond motifs is 1. The van der Waals surface area contributed by atoms with Gasteiger partial charge in [-0.05, 0) is 12.8 Å². The minimum Gasteiger partial charge on any atom is -0.453 e. The Morgan fingerprint density at radius 1 is 1.40 bits per heavy atom. The molecule has 0 radical (unpaired) electrons. The molecule has 1 saturated carbocycles. The molecule has 84 valence electrons. The summed E-state index contributed by atoms with van der Waals surface area (Å²) >= 11 is 0. The molecule has 1 amide bonds. The zero-order chi connectivity index (χ0) is 10.8. The van der Waals surface area contributed by atoms with Crippen molar-refractivity contribution in [2.45, 2.75) is 38.1 Å². The lowest BCUT2D eigenvalue weighted by atomic mass is 9.78. The number of hydrogen-bond acceptors (Lipinski definition) is 3. The number of ether oxygens (including phenoxy) is 1. The zero-order valence-corrected chi connectivity index (χ0v) is 9.07. The first kappa shape index (κ1) is 10.5. The quantitative estimate of drug-likeness (QED) is 0.611. The molecule has 2 atom stereocenters. The van der Waals surface area contributed by atoms with Crippen LogP contribution in [0.3, 0.4) is 0 Å². The number of Topliss-reactive ketones (excluding diaryl/α,β-unsaturated/α-hetero) is 1. The first-order chi connectivity index (χ1) is 7.24. The first-order valence-corrected chi connectivity index (χ1v) is 5.61. The molecule has 0 aromatic carbocycles. The van der Waals surface area contributed by atoms with Gasteiger partial charge in [-0.3, -0.25) is 4.79 Å². The average Bonchev–Trinajstić information content (AvgIpc) is 2.29. The summed E-state index contributed by atoms with van der Waals surface area (Å²) in [6.07, 6.45) is 4.34. The van der Waals surface area contributed by atoms with Gasteiger partial charge in [0.1, 0.15) is 5.78 Å². The fourth-order valence-corrected chi connectivity index (χ4v) is 2.79. The summed E-state index contributed by atoms with van der Waals surface area (Å²) in [5.41, 5.74) is 0. The van der Waals surface area contributed by atoms with Crippen molar-refractivity contribution in [1.29, 1.82) is 0 Å². The number of carbonyl (C=O) groups excluding carboxylic acids is 2. The van der Waals surface area contributed by atoms with Gasteiger partial charge >= 0.3 is 6.09 Å². The fourth-order valence-electron chi connectivity index (χ4n) is 2.79. The minimum atomic E-state index is -0.278. The first-order valence-electron chi connectivity index (χ1n) is 5.61. The van der Waals surface area contributed by atoms with E-state index in [1.807, 2.05) is 0 Å². The molecule has 1 aliphatic carbocycles. The Morgan fingerprint density at radius 3 is 2.87 bits per heavy atom. The van der Waals surface area contributed by atoms with Crippen molar-refractivity contribution < 1.29 is 14.3 Å². The summed E-state index contributed by atoms with van der Waals surface area (Å²) in [7, 11) is 1.40. The molecule has 2 fully saturated rings. The van der Waals surface area contributed by atoms with E-state index in [0.717, 1.165) is 25.7 Å². The van der Waals surface area contributed by atoms with Crippen molar-refractivity contribution in [2.75, 3.05) is 13.7 Å². The standard InChI is InChI=1S/C11H17NO3/c1-15-11(14)12-7-6-10(13)8-4-2-3-5-9(8)12/h8-9H,2-7H2,1H3/t8-,9+/m1/s1. The lowest BCUT2D eigenvalue weighted by Crippen LogP contribution is -2.53. The lowest BCUT2D eigenvalue weighted by molar-refractivity contribution is -0.129.